The minimum atomic E-state index is -0.333. The average molecular weight is 449 g/mol. The molecule has 2 aromatic rings. The summed E-state index contributed by atoms with van der Waals surface area (Å²) in [6.45, 7) is 5.61. The minimum absolute atomic E-state index is 0.123. The molecule has 8 heteroatoms. The van der Waals surface area contributed by atoms with Crippen molar-refractivity contribution in [1.29, 1.82) is 0 Å². The largest absolute Gasteiger partial charge is 0.494 e. The molecule has 2 fully saturated rings. The van der Waals surface area contributed by atoms with Crippen molar-refractivity contribution in [2.24, 2.45) is 0 Å². The van der Waals surface area contributed by atoms with Crippen LogP contribution in [0.2, 0.25) is 10.0 Å². The number of imide groups is 1. The summed E-state index contributed by atoms with van der Waals surface area (Å²) in [5, 5.41) is 1.07. The molecule has 0 aliphatic carbocycles. The molecule has 2 aliphatic rings. The summed E-state index contributed by atoms with van der Waals surface area (Å²) in [7, 11) is 0. The Labute approximate surface area is 185 Å². The summed E-state index contributed by atoms with van der Waals surface area (Å²) < 4.78 is 5.44. The highest BCUT2D eigenvalue weighted by molar-refractivity contribution is 6.42. The minimum Gasteiger partial charge on any atom is -0.494 e. The lowest BCUT2D eigenvalue weighted by molar-refractivity contribution is -0.915. The number of carbonyl (C=O) groups excluding carboxylic acids is 2. The third kappa shape index (κ3) is 4.13. The molecule has 2 heterocycles. The van der Waals surface area contributed by atoms with Crippen molar-refractivity contribution in [2.75, 3.05) is 42.6 Å². The molecule has 6 nitrogen and oxygen atoms in total. The molecule has 0 spiro atoms. The topological polar surface area (TPSA) is 54.3 Å². The van der Waals surface area contributed by atoms with Gasteiger partial charge in [0.15, 0.2) is 6.04 Å². The first-order chi connectivity index (χ1) is 14.5. The van der Waals surface area contributed by atoms with Crippen LogP contribution in [-0.2, 0) is 9.59 Å². The molecule has 1 N–H and O–H groups in total. The van der Waals surface area contributed by atoms with E-state index in [0.29, 0.717) is 22.3 Å². The number of benzene rings is 2. The standard InChI is InChI=1S/C22H23Cl2N3O3/c1-2-30-17-6-3-15(4-7-17)27-21(28)14-20(22(27)29)26-11-9-25(10-12-26)16-5-8-18(23)19(24)13-16/h3-8,13,20H,2,9-12,14H2,1H3/p+1/t20-/m0/s1. The lowest BCUT2D eigenvalue weighted by Crippen LogP contribution is -3.19. The first-order valence-electron chi connectivity index (χ1n) is 10.1. The van der Waals surface area contributed by atoms with Gasteiger partial charge in [-0.05, 0) is 49.4 Å². The average Bonchev–Trinajstić information content (AvgIpc) is 3.05. The molecule has 0 bridgehead atoms. The van der Waals surface area contributed by atoms with Crippen LogP contribution in [0.3, 0.4) is 0 Å². The number of rotatable bonds is 5. The highest BCUT2D eigenvalue weighted by Gasteiger charge is 2.46. The number of halogens is 2. The van der Waals surface area contributed by atoms with Gasteiger partial charge in [0, 0.05) is 5.69 Å². The normalized spacial score (nSPS) is 20.2. The first kappa shape index (κ1) is 21.0. The van der Waals surface area contributed by atoms with E-state index in [2.05, 4.69) is 4.90 Å². The highest BCUT2D eigenvalue weighted by Crippen LogP contribution is 2.28. The number of anilines is 2. The second-order valence-corrected chi connectivity index (χ2v) is 8.31. The Balaban J connectivity index is 1.41. The summed E-state index contributed by atoms with van der Waals surface area (Å²) in [6.07, 6.45) is 0.244. The van der Waals surface area contributed by atoms with Crippen LogP contribution in [-0.4, -0.2) is 50.6 Å². The van der Waals surface area contributed by atoms with E-state index < -0.39 is 0 Å². The summed E-state index contributed by atoms with van der Waals surface area (Å²) in [5.41, 5.74) is 1.62. The van der Waals surface area contributed by atoms with Crippen molar-refractivity contribution in [3.63, 3.8) is 0 Å². The Morgan fingerprint density at radius 2 is 1.67 bits per heavy atom. The van der Waals surface area contributed by atoms with Crippen LogP contribution < -0.4 is 19.4 Å². The van der Waals surface area contributed by atoms with Gasteiger partial charge in [-0.15, -0.1) is 0 Å². The van der Waals surface area contributed by atoms with E-state index in [1.54, 1.807) is 30.3 Å². The fourth-order valence-electron chi connectivity index (χ4n) is 4.16. The summed E-state index contributed by atoms with van der Waals surface area (Å²) >= 11 is 12.2. The van der Waals surface area contributed by atoms with Gasteiger partial charge >= 0.3 is 0 Å². The second-order valence-electron chi connectivity index (χ2n) is 7.49. The molecular weight excluding hydrogens is 425 g/mol. The van der Waals surface area contributed by atoms with Gasteiger partial charge in [-0.2, -0.15) is 0 Å². The smallest absolute Gasteiger partial charge is 0.292 e. The monoisotopic (exact) mass is 448 g/mol. The van der Waals surface area contributed by atoms with E-state index >= 15 is 0 Å². The van der Waals surface area contributed by atoms with Crippen molar-refractivity contribution in [2.45, 2.75) is 19.4 Å². The third-order valence-electron chi connectivity index (χ3n) is 5.72. The maximum absolute atomic E-state index is 13.1. The van der Waals surface area contributed by atoms with Gasteiger partial charge in [-0.1, -0.05) is 23.2 Å². The van der Waals surface area contributed by atoms with Crippen molar-refractivity contribution < 1.29 is 19.2 Å². The fraction of sp³-hybridized carbons (Fsp3) is 0.364. The summed E-state index contributed by atoms with van der Waals surface area (Å²) in [6, 6.07) is 12.4. The van der Waals surface area contributed by atoms with Crippen LogP contribution in [0.25, 0.3) is 0 Å². The number of hydrogen-bond donors (Lipinski definition) is 1. The van der Waals surface area contributed by atoms with E-state index in [-0.39, 0.29) is 24.3 Å². The molecule has 1 atom stereocenters. The fourth-order valence-corrected chi connectivity index (χ4v) is 4.45. The Morgan fingerprint density at radius 3 is 2.30 bits per heavy atom. The summed E-state index contributed by atoms with van der Waals surface area (Å²) in [5.74, 6) is 0.455. The lowest BCUT2D eigenvalue weighted by Gasteiger charge is -2.35. The van der Waals surface area contributed by atoms with Gasteiger partial charge < -0.3 is 14.5 Å². The zero-order valence-electron chi connectivity index (χ0n) is 16.7. The number of nitrogens with one attached hydrogen (secondary N) is 1. The van der Waals surface area contributed by atoms with Crippen LogP contribution in [0, 0.1) is 0 Å². The van der Waals surface area contributed by atoms with E-state index in [9.17, 15) is 9.59 Å². The van der Waals surface area contributed by atoms with Gasteiger partial charge in [0.05, 0.1) is 54.9 Å². The number of carbonyl (C=O) groups is 2. The molecular formula is C22H24Cl2N3O3+. The second kappa shape index (κ2) is 8.84. The molecule has 4 rings (SSSR count). The molecule has 0 saturated carbocycles. The maximum Gasteiger partial charge on any atom is 0.292 e. The third-order valence-corrected chi connectivity index (χ3v) is 6.46. The Morgan fingerprint density at radius 1 is 1.00 bits per heavy atom. The van der Waals surface area contributed by atoms with Crippen LogP contribution in [0.5, 0.6) is 5.75 Å². The summed E-state index contributed by atoms with van der Waals surface area (Å²) in [4.78, 5) is 30.4. The number of piperazine rings is 1. The molecule has 2 aliphatic heterocycles. The number of nitrogens with zero attached hydrogens (tertiary/aromatic N) is 2. The van der Waals surface area contributed by atoms with Crippen LogP contribution in [0.1, 0.15) is 13.3 Å². The molecule has 2 amide bonds. The molecule has 30 heavy (non-hydrogen) atoms. The van der Waals surface area contributed by atoms with Crippen molar-refractivity contribution in [3.8, 4) is 5.75 Å². The molecule has 0 aromatic heterocycles. The Bertz CT molecular complexity index is 943. The maximum atomic E-state index is 13.1. The zero-order valence-corrected chi connectivity index (χ0v) is 18.2. The van der Waals surface area contributed by atoms with Crippen molar-refractivity contribution in [1.82, 2.24) is 0 Å². The first-order valence-corrected chi connectivity index (χ1v) is 10.9. The lowest BCUT2D eigenvalue weighted by atomic mass is 10.1. The van der Waals surface area contributed by atoms with Gasteiger partial charge in [0.2, 0.25) is 5.91 Å². The number of amides is 2. The van der Waals surface area contributed by atoms with Gasteiger partial charge in [0.25, 0.3) is 5.91 Å². The van der Waals surface area contributed by atoms with Crippen LogP contribution in [0.15, 0.2) is 42.5 Å². The van der Waals surface area contributed by atoms with Crippen LogP contribution >= 0.6 is 23.2 Å². The number of quaternary nitrogens is 1. The molecule has 2 aromatic carbocycles. The quantitative estimate of drug-likeness (QED) is 0.713. The van der Waals surface area contributed by atoms with E-state index in [0.717, 1.165) is 42.5 Å². The molecule has 0 unspecified atom stereocenters. The van der Waals surface area contributed by atoms with Crippen LogP contribution in [0.4, 0.5) is 11.4 Å². The van der Waals surface area contributed by atoms with Gasteiger partial charge in [-0.25, -0.2) is 4.90 Å². The van der Waals surface area contributed by atoms with E-state index in [1.165, 1.54) is 4.90 Å². The predicted octanol–water partition coefficient (Wildman–Crippen LogP) is 2.43. The molecule has 0 radical (unpaired) electrons. The number of hydrogen-bond acceptors (Lipinski definition) is 4. The Hall–Kier alpha value is -2.28. The predicted molar refractivity (Wildman–Crippen MR) is 118 cm³/mol. The van der Waals surface area contributed by atoms with Gasteiger partial charge in [0.1, 0.15) is 5.75 Å². The van der Waals surface area contributed by atoms with Crippen molar-refractivity contribution >= 4 is 46.4 Å². The zero-order chi connectivity index (χ0) is 21.3. The molecule has 2 saturated heterocycles. The Kier molecular flexibility index (Phi) is 6.18. The SMILES string of the molecule is CCOc1ccc(N2C(=O)C[C@H]([NH+]3CCN(c4ccc(Cl)c(Cl)c4)CC3)C2=O)cc1. The highest BCUT2D eigenvalue weighted by atomic mass is 35.5. The molecule has 158 valence electrons. The van der Waals surface area contributed by atoms with Gasteiger partial charge in [-0.3, -0.25) is 9.59 Å². The number of ether oxygens (including phenoxy) is 1. The van der Waals surface area contributed by atoms with Crippen molar-refractivity contribution in [3.05, 3.63) is 52.5 Å². The van der Waals surface area contributed by atoms with E-state index in [1.807, 2.05) is 19.1 Å². The van der Waals surface area contributed by atoms with E-state index in [4.69, 9.17) is 27.9 Å².